The molecule has 1 saturated heterocycles. The predicted octanol–water partition coefficient (Wildman–Crippen LogP) is 4.96. The van der Waals surface area contributed by atoms with Crippen LogP contribution in [0.5, 0.6) is 0 Å². The molecular weight excluding hydrogens is 398 g/mol. The molecule has 2 aromatic rings. The molecule has 2 aromatic carbocycles. The van der Waals surface area contributed by atoms with Gasteiger partial charge in [0, 0.05) is 35.9 Å². The minimum absolute atomic E-state index is 0.0560. The van der Waals surface area contributed by atoms with Gasteiger partial charge in [-0.25, -0.2) is 0 Å². The molecule has 32 heavy (non-hydrogen) atoms. The van der Waals surface area contributed by atoms with Crippen molar-refractivity contribution in [1.82, 2.24) is 4.90 Å². The van der Waals surface area contributed by atoms with Crippen LogP contribution in [-0.4, -0.2) is 34.3 Å². The van der Waals surface area contributed by atoms with Gasteiger partial charge in [0.1, 0.15) is 0 Å². The van der Waals surface area contributed by atoms with E-state index in [2.05, 4.69) is 4.90 Å². The van der Waals surface area contributed by atoms with E-state index in [4.69, 9.17) is 0 Å². The molecule has 1 heterocycles. The van der Waals surface area contributed by atoms with Gasteiger partial charge in [-0.2, -0.15) is 0 Å². The van der Waals surface area contributed by atoms with Crippen molar-refractivity contribution < 1.29 is 14.7 Å². The summed E-state index contributed by atoms with van der Waals surface area (Å²) >= 11 is 0. The molecule has 2 aliphatic carbocycles. The van der Waals surface area contributed by atoms with Crippen LogP contribution in [-0.2, 0) is 10.4 Å². The third kappa shape index (κ3) is 3.79. The lowest BCUT2D eigenvalue weighted by molar-refractivity contribution is -0.158. The molecule has 0 spiro atoms. The number of piperidine rings is 1. The fourth-order valence-corrected chi connectivity index (χ4v) is 6.56. The fourth-order valence-electron chi connectivity index (χ4n) is 6.56. The zero-order chi connectivity index (χ0) is 22.1. The van der Waals surface area contributed by atoms with Crippen LogP contribution in [0.3, 0.4) is 0 Å². The van der Waals surface area contributed by atoms with E-state index in [1.165, 1.54) is 0 Å². The molecule has 1 aliphatic heterocycles. The van der Waals surface area contributed by atoms with Crippen molar-refractivity contribution in [1.29, 1.82) is 0 Å². The van der Waals surface area contributed by atoms with Crippen LogP contribution in [0.4, 0.5) is 0 Å². The summed E-state index contributed by atoms with van der Waals surface area (Å²) < 4.78 is 0. The number of amides is 1. The summed E-state index contributed by atoms with van der Waals surface area (Å²) in [5.41, 5.74) is 0.882. The number of fused-ring (bicyclic) bond motifs is 1. The molecule has 1 amide bonds. The quantitative estimate of drug-likeness (QED) is 0.696. The van der Waals surface area contributed by atoms with Crippen LogP contribution in [0.2, 0.25) is 0 Å². The van der Waals surface area contributed by atoms with Crippen LogP contribution < -0.4 is 0 Å². The zero-order valence-electron chi connectivity index (χ0n) is 18.7. The Kier molecular flexibility index (Phi) is 5.90. The molecule has 3 unspecified atom stereocenters. The Hall–Kier alpha value is -2.46. The molecule has 3 fully saturated rings. The molecule has 5 rings (SSSR count). The molecule has 0 radical (unpaired) electrons. The van der Waals surface area contributed by atoms with Crippen LogP contribution >= 0.6 is 0 Å². The van der Waals surface area contributed by atoms with E-state index in [1.54, 1.807) is 0 Å². The number of hydrogen-bond donors (Lipinski definition) is 1. The number of Topliss-reactive ketones (excluding diaryl/α,β-unsaturated/α-hetero) is 1. The van der Waals surface area contributed by atoms with Gasteiger partial charge in [-0.15, -0.1) is 0 Å². The van der Waals surface area contributed by atoms with Crippen LogP contribution in [0, 0.1) is 17.8 Å². The molecular formula is C28H33NO3. The second-order valence-corrected chi connectivity index (χ2v) is 9.97. The van der Waals surface area contributed by atoms with E-state index in [0.717, 1.165) is 49.7 Å². The summed E-state index contributed by atoms with van der Waals surface area (Å²) in [6.07, 6.45) is 6.96. The second-order valence-electron chi connectivity index (χ2n) is 9.97. The maximum Gasteiger partial charge on any atom is 0.225 e. The monoisotopic (exact) mass is 431 g/mol. The van der Waals surface area contributed by atoms with Crippen molar-refractivity contribution in [3.05, 3.63) is 71.8 Å². The number of aliphatic hydroxyl groups is 1. The smallest absolute Gasteiger partial charge is 0.225 e. The van der Waals surface area contributed by atoms with E-state index >= 15 is 0 Å². The first kappa shape index (κ1) is 21.4. The summed E-state index contributed by atoms with van der Waals surface area (Å²) in [6, 6.07) is 19.6. The van der Waals surface area contributed by atoms with E-state index < -0.39 is 5.60 Å². The van der Waals surface area contributed by atoms with Gasteiger partial charge < -0.3 is 10.0 Å². The van der Waals surface area contributed by atoms with Crippen molar-refractivity contribution in [2.45, 2.75) is 63.0 Å². The number of hydrogen-bond acceptors (Lipinski definition) is 3. The van der Waals surface area contributed by atoms with Gasteiger partial charge in [0.05, 0.1) is 5.60 Å². The molecule has 3 aliphatic rings. The standard InChI is InChI=1S/C28H33NO3/c30-26(20-9-3-1-4-10-20)21-15-16-22(19-21)27(31)29-18-17-28(32,23-11-5-2-6-12-23)24-13-7-8-14-25(24)29/h1-6,9-12,21-22,24-25,32H,7-8,13-19H2/t21?,22?,24-,25-,28?/m0/s1. The third-order valence-electron chi connectivity index (χ3n) is 8.24. The lowest BCUT2D eigenvalue weighted by atomic mass is 9.66. The maximum atomic E-state index is 13.6. The van der Waals surface area contributed by atoms with Gasteiger partial charge in [0.2, 0.25) is 5.91 Å². The van der Waals surface area contributed by atoms with Crippen molar-refractivity contribution in [3.8, 4) is 0 Å². The number of carbonyl (C=O) groups is 2. The van der Waals surface area contributed by atoms with E-state index in [1.807, 2.05) is 60.7 Å². The Labute approximate surface area is 190 Å². The van der Waals surface area contributed by atoms with Crippen LogP contribution in [0.1, 0.15) is 67.3 Å². The summed E-state index contributed by atoms with van der Waals surface area (Å²) in [7, 11) is 0. The van der Waals surface area contributed by atoms with Gasteiger partial charge in [-0.05, 0) is 44.1 Å². The topological polar surface area (TPSA) is 57.6 Å². The van der Waals surface area contributed by atoms with Crippen LogP contribution in [0.15, 0.2) is 60.7 Å². The van der Waals surface area contributed by atoms with Crippen LogP contribution in [0.25, 0.3) is 0 Å². The molecule has 2 saturated carbocycles. The van der Waals surface area contributed by atoms with Gasteiger partial charge in [0.25, 0.3) is 0 Å². The highest BCUT2D eigenvalue weighted by Gasteiger charge is 2.51. The number of rotatable bonds is 4. The lowest BCUT2D eigenvalue weighted by Crippen LogP contribution is -2.59. The summed E-state index contributed by atoms with van der Waals surface area (Å²) in [5, 5.41) is 11.8. The molecule has 0 bridgehead atoms. The summed E-state index contributed by atoms with van der Waals surface area (Å²) in [5.74, 6) is 0.339. The summed E-state index contributed by atoms with van der Waals surface area (Å²) in [6.45, 7) is 0.596. The average Bonchev–Trinajstić information content (AvgIpc) is 3.35. The number of benzene rings is 2. The number of ketones is 1. The molecule has 168 valence electrons. The Morgan fingerprint density at radius 1 is 0.844 bits per heavy atom. The Morgan fingerprint density at radius 3 is 2.25 bits per heavy atom. The minimum atomic E-state index is -0.857. The van der Waals surface area contributed by atoms with E-state index in [0.29, 0.717) is 19.4 Å². The first-order valence-corrected chi connectivity index (χ1v) is 12.3. The first-order valence-electron chi connectivity index (χ1n) is 12.3. The summed E-state index contributed by atoms with van der Waals surface area (Å²) in [4.78, 5) is 28.6. The van der Waals surface area contributed by atoms with Gasteiger partial charge >= 0.3 is 0 Å². The lowest BCUT2D eigenvalue weighted by Gasteiger charge is -2.53. The molecule has 1 N–H and O–H groups in total. The number of carbonyl (C=O) groups excluding carboxylic acids is 2. The SMILES string of the molecule is O=C(c1ccccc1)C1CCC(C(=O)N2CCC(O)(c3ccccc3)[C@H]3CCCC[C@@H]32)C1. The van der Waals surface area contributed by atoms with Crippen molar-refractivity contribution in [3.63, 3.8) is 0 Å². The normalized spacial score (nSPS) is 32.3. The highest BCUT2D eigenvalue weighted by Crippen LogP contribution is 2.48. The number of likely N-dealkylation sites (tertiary alicyclic amines) is 1. The minimum Gasteiger partial charge on any atom is -0.385 e. The van der Waals surface area contributed by atoms with Gasteiger partial charge in [0.15, 0.2) is 5.78 Å². The van der Waals surface area contributed by atoms with Gasteiger partial charge in [-0.1, -0.05) is 73.5 Å². The van der Waals surface area contributed by atoms with Crippen molar-refractivity contribution >= 4 is 11.7 Å². The second kappa shape index (κ2) is 8.82. The number of nitrogens with zero attached hydrogens (tertiary/aromatic N) is 1. The Morgan fingerprint density at radius 2 is 1.50 bits per heavy atom. The highest BCUT2D eigenvalue weighted by molar-refractivity contribution is 5.98. The fraction of sp³-hybridized carbons (Fsp3) is 0.500. The predicted molar refractivity (Wildman–Crippen MR) is 124 cm³/mol. The molecule has 5 atom stereocenters. The zero-order valence-corrected chi connectivity index (χ0v) is 18.7. The molecule has 0 aromatic heterocycles. The largest absolute Gasteiger partial charge is 0.385 e. The molecule has 4 nitrogen and oxygen atoms in total. The van der Waals surface area contributed by atoms with Crippen molar-refractivity contribution in [2.75, 3.05) is 6.54 Å². The Balaban J connectivity index is 1.31. The van der Waals surface area contributed by atoms with Gasteiger partial charge in [-0.3, -0.25) is 9.59 Å². The third-order valence-corrected chi connectivity index (χ3v) is 8.24. The maximum absolute atomic E-state index is 13.6. The highest BCUT2D eigenvalue weighted by atomic mass is 16.3. The van der Waals surface area contributed by atoms with E-state index in [9.17, 15) is 14.7 Å². The average molecular weight is 432 g/mol. The van der Waals surface area contributed by atoms with E-state index in [-0.39, 0.29) is 35.5 Å². The first-order chi connectivity index (χ1) is 15.6. The molecule has 4 heteroatoms. The Bertz CT molecular complexity index is 959. The van der Waals surface area contributed by atoms with Crippen molar-refractivity contribution in [2.24, 2.45) is 17.8 Å².